The second kappa shape index (κ2) is 8.36. The molecule has 0 aromatic heterocycles. The summed E-state index contributed by atoms with van der Waals surface area (Å²) < 4.78 is 8.55. The average Bonchev–Trinajstić information content (AvgIpc) is 3.16. The zero-order valence-corrected chi connectivity index (χ0v) is 20.2. The Morgan fingerprint density at radius 1 is 0.720 bits per heavy atom. The first kappa shape index (κ1) is 20.2. The van der Waals surface area contributed by atoms with Gasteiger partial charge >= 0.3 is 0 Å². The van der Waals surface area contributed by atoms with Crippen LogP contribution in [0.5, 0.6) is 0 Å². The Kier molecular flexibility index (Phi) is 6.76. The van der Waals surface area contributed by atoms with Crippen LogP contribution in [0.2, 0.25) is 0 Å². The Hall–Kier alpha value is 1.94. The van der Waals surface area contributed by atoms with Gasteiger partial charge in [-0.05, 0) is 0 Å². The van der Waals surface area contributed by atoms with Crippen LogP contribution in [0.1, 0.15) is 13.8 Å². The van der Waals surface area contributed by atoms with Crippen LogP contribution in [-0.2, 0) is 0 Å². The minimum atomic E-state index is -0.356. The van der Waals surface area contributed by atoms with E-state index in [-0.39, 0.29) is 18.6 Å². The van der Waals surface area contributed by atoms with Crippen molar-refractivity contribution in [3.63, 3.8) is 0 Å². The van der Waals surface area contributed by atoms with Crippen LogP contribution in [0, 0.1) is 5.41 Å². The summed E-state index contributed by atoms with van der Waals surface area (Å²) in [6, 6.07) is 0. The van der Waals surface area contributed by atoms with Gasteiger partial charge in [-0.15, -0.1) is 47.0 Å². The molecule has 0 bridgehead atoms. The third-order valence-corrected chi connectivity index (χ3v) is 17.1. The highest BCUT2D eigenvalue weighted by Gasteiger charge is 2.39. The lowest BCUT2D eigenvalue weighted by Crippen LogP contribution is -2.34. The highest BCUT2D eigenvalue weighted by atomic mass is 32.3. The van der Waals surface area contributed by atoms with Crippen molar-refractivity contribution in [3.8, 4) is 0 Å². The zero-order chi connectivity index (χ0) is 17.6. The molecule has 2 atom stereocenters. The van der Waals surface area contributed by atoms with E-state index in [4.69, 9.17) is 0 Å². The van der Waals surface area contributed by atoms with Crippen molar-refractivity contribution in [2.24, 2.45) is 5.41 Å². The molecular weight excluding hydrogens is 469 g/mol. The molecule has 2 N–H and O–H groups in total. The fourth-order valence-electron chi connectivity index (χ4n) is 2.27. The fourth-order valence-corrected chi connectivity index (χ4v) is 15.4. The highest BCUT2D eigenvalue weighted by Crippen LogP contribution is 2.68. The van der Waals surface area contributed by atoms with Gasteiger partial charge < -0.3 is 10.2 Å². The van der Waals surface area contributed by atoms with Crippen molar-refractivity contribution in [2.75, 3.05) is 24.7 Å². The molecule has 4 heterocycles. The van der Waals surface area contributed by atoms with Crippen LogP contribution in [0.3, 0.4) is 0 Å². The van der Waals surface area contributed by atoms with E-state index in [2.05, 4.69) is 13.8 Å². The van der Waals surface area contributed by atoms with E-state index in [1.54, 1.807) is 23.5 Å². The largest absolute Gasteiger partial charge is 0.396 e. The van der Waals surface area contributed by atoms with E-state index >= 15 is 0 Å². The van der Waals surface area contributed by atoms with Crippen LogP contribution in [0.4, 0.5) is 0 Å². The molecule has 0 saturated carbocycles. The van der Waals surface area contributed by atoms with Gasteiger partial charge in [0.25, 0.3) is 0 Å². The topological polar surface area (TPSA) is 40.5 Å². The summed E-state index contributed by atoms with van der Waals surface area (Å²) in [5.74, 6) is 1.58. The van der Waals surface area contributed by atoms with Gasteiger partial charge in [0.05, 0.1) is 38.6 Å². The molecule has 0 amide bonds. The number of thioether (sulfide) groups is 8. The van der Waals surface area contributed by atoms with Crippen molar-refractivity contribution < 1.29 is 10.2 Å². The summed E-state index contributed by atoms with van der Waals surface area (Å²) >= 11 is 15.4. The molecule has 0 spiro atoms. The summed E-state index contributed by atoms with van der Waals surface area (Å²) in [7, 11) is 0. The number of hydrogen-bond acceptors (Lipinski definition) is 10. The maximum Gasteiger partial charge on any atom is 0.0717 e. The van der Waals surface area contributed by atoms with E-state index in [0.717, 1.165) is 11.5 Å². The first-order valence-corrected chi connectivity index (χ1v) is 14.8. The molecule has 0 unspecified atom stereocenters. The molecule has 4 rings (SSSR count). The van der Waals surface area contributed by atoms with E-state index in [0.29, 0.717) is 10.5 Å². The smallest absolute Gasteiger partial charge is 0.0717 e. The van der Waals surface area contributed by atoms with Crippen molar-refractivity contribution in [1.29, 1.82) is 0 Å². The summed E-state index contributed by atoms with van der Waals surface area (Å²) in [5.41, 5.74) is -0.356. The van der Waals surface area contributed by atoms with E-state index < -0.39 is 0 Å². The molecule has 0 aromatic carbocycles. The lowest BCUT2D eigenvalue weighted by molar-refractivity contribution is 0.0935. The van der Waals surface area contributed by atoms with Gasteiger partial charge in [-0.1, -0.05) is 60.9 Å². The molecule has 0 radical (unpaired) electrons. The quantitative estimate of drug-likeness (QED) is 0.483. The molecule has 0 fully saturated rings. The van der Waals surface area contributed by atoms with Crippen LogP contribution in [-0.4, -0.2) is 45.4 Å². The standard InChI is InChI=1S/C15H18O2S8/c1-7-8(2)21-12-11(20-7)24-14(25-12)13-22-9-10(23-13)19-6-15(3-16,4-17)5-18-9/h7-8,16-17H,3-6H2,1-2H3/t7-,8-/m1/s1. The Morgan fingerprint density at radius 2 is 1.12 bits per heavy atom. The summed E-state index contributed by atoms with van der Waals surface area (Å²) in [6.07, 6.45) is 0. The summed E-state index contributed by atoms with van der Waals surface area (Å²) in [6.45, 7) is 4.77. The highest BCUT2D eigenvalue weighted by molar-refractivity contribution is 8.45. The molecule has 4 aliphatic rings. The SMILES string of the molecule is C[C@H]1SC2=C(SC(=C3SC4=C(SCC(CO)(CO)CS4)S3)S2)S[C@@H]1C. The number of aliphatic hydroxyl groups excluding tert-OH is 2. The molecular formula is C15H18O2S8. The van der Waals surface area contributed by atoms with Gasteiger partial charge in [-0.25, -0.2) is 0 Å². The third kappa shape index (κ3) is 4.14. The van der Waals surface area contributed by atoms with E-state index in [1.807, 2.05) is 70.6 Å². The second-order valence-corrected chi connectivity index (χ2v) is 16.6. The number of rotatable bonds is 2. The average molecular weight is 487 g/mol. The molecule has 4 aliphatic heterocycles. The molecule has 0 aliphatic carbocycles. The Bertz CT molecular complexity index is 618. The van der Waals surface area contributed by atoms with Crippen LogP contribution >= 0.6 is 94.1 Å². The number of hydrogen-bond donors (Lipinski definition) is 2. The Balaban J connectivity index is 1.45. The lowest BCUT2D eigenvalue weighted by Gasteiger charge is -2.27. The summed E-state index contributed by atoms with van der Waals surface area (Å²) in [4.78, 5) is 0. The third-order valence-electron chi connectivity index (χ3n) is 4.18. The van der Waals surface area contributed by atoms with Crippen LogP contribution in [0.25, 0.3) is 0 Å². The maximum atomic E-state index is 9.67. The van der Waals surface area contributed by atoms with Gasteiger partial charge in [0.1, 0.15) is 0 Å². The predicted octanol–water partition coefficient (Wildman–Crippen LogP) is 6.03. The van der Waals surface area contributed by atoms with Crippen molar-refractivity contribution in [1.82, 2.24) is 0 Å². The molecule has 0 saturated heterocycles. The van der Waals surface area contributed by atoms with Crippen molar-refractivity contribution in [2.45, 2.75) is 24.3 Å². The molecule has 138 valence electrons. The maximum absolute atomic E-state index is 9.67. The van der Waals surface area contributed by atoms with Crippen molar-refractivity contribution in [3.05, 3.63) is 25.4 Å². The number of aliphatic hydroxyl groups is 2. The molecule has 2 nitrogen and oxygen atoms in total. The molecule has 0 aromatic rings. The minimum absolute atomic E-state index is 0.0561. The second-order valence-electron chi connectivity index (χ2n) is 6.17. The predicted molar refractivity (Wildman–Crippen MR) is 127 cm³/mol. The normalized spacial score (nSPS) is 32.2. The molecule has 10 heteroatoms. The van der Waals surface area contributed by atoms with Crippen LogP contribution in [0.15, 0.2) is 25.4 Å². The monoisotopic (exact) mass is 486 g/mol. The van der Waals surface area contributed by atoms with Gasteiger partial charge in [0.15, 0.2) is 0 Å². The Labute approximate surface area is 182 Å². The first-order valence-electron chi connectivity index (χ1n) is 7.78. The van der Waals surface area contributed by atoms with Gasteiger partial charge in [0.2, 0.25) is 0 Å². The first-order chi connectivity index (χ1) is 12.0. The van der Waals surface area contributed by atoms with Gasteiger partial charge in [0, 0.05) is 27.4 Å². The molecule has 25 heavy (non-hydrogen) atoms. The zero-order valence-electron chi connectivity index (χ0n) is 13.6. The fraction of sp³-hybridized carbons (Fsp3) is 0.600. The van der Waals surface area contributed by atoms with E-state index in [9.17, 15) is 10.2 Å². The summed E-state index contributed by atoms with van der Waals surface area (Å²) in [5, 5.41) is 20.7. The van der Waals surface area contributed by atoms with E-state index in [1.165, 1.54) is 25.4 Å². The lowest BCUT2D eigenvalue weighted by atomic mass is 9.96. The van der Waals surface area contributed by atoms with Gasteiger partial charge in [-0.3, -0.25) is 0 Å². The minimum Gasteiger partial charge on any atom is -0.396 e. The van der Waals surface area contributed by atoms with Gasteiger partial charge in [-0.2, -0.15) is 0 Å². The van der Waals surface area contributed by atoms with Crippen molar-refractivity contribution >= 4 is 94.1 Å². The van der Waals surface area contributed by atoms with Crippen LogP contribution < -0.4 is 0 Å². The Morgan fingerprint density at radius 3 is 1.52 bits per heavy atom.